The molecule has 0 atom stereocenters. The quantitative estimate of drug-likeness (QED) is 0.107. The molecule has 0 N–H and O–H groups in total. The number of esters is 3. The van der Waals surface area contributed by atoms with E-state index in [0.717, 1.165) is 116 Å². The lowest BCUT2D eigenvalue weighted by Crippen LogP contribution is -2.17. The number of ether oxygens (including phenoxy) is 3. The molecule has 90 heavy (non-hydrogen) atoms. The Kier molecular flexibility index (Phi) is 13.0. The number of carbonyl (C=O) groups excluding carboxylic acids is 3. The standard InChI is InChI=1S/C78H45N3O9/c82-76(85-55-31-34-67(79-43-55)49-16-7-13-46(37-49)58-22-10-25-64-61-19-1-4-28-70(61)88-73(58)64)52-40-53(77(83)86-56-32-35-68(80-44-56)50-17-8-14-47(38-50)59-23-11-26-65-62-20-2-5-29-71(62)89-74(59)65)42-54(41-52)78(84)87-57-33-36-69(81-45-57)51-18-9-15-48(39-51)60-24-12-27-66-63-21-3-6-30-72(63)90-75(60)66/h1-45H. The van der Waals surface area contributed by atoms with Crippen LogP contribution in [0.4, 0.5) is 0 Å². The Labute approximate surface area is 512 Å². The minimum atomic E-state index is -0.871. The summed E-state index contributed by atoms with van der Waals surface area (Å²) in [5.74, 6) is -2.25. The molecule has 0 amide bonds. The fourth-order valence-electron chi connectivity index (χ4n) is 11.8. The Morgan fingerprint density at radius 2 is 0.544 bits per heavy atom. The molecule has 0 fully saturated rings. The number of hydrogen-bond donors (Lipinski definition) is 0. The number of para-hydroxylation sites is 6. The zero-order chi connectivity index (χ0) is 60.2. The third-order valence-electron chi connectivity index (χ3n) is 16.1. The van der Waals surface area contributed by atoms with Crippen LogP contribution < -0.4 is 14.2 Å². The summed E-state index contributed by atoms with van der Waals surface area (Å²) in [7, 11) is 0. The van der Waals surface area contributed by atoms with E-state index in [1.807, 2.05) is 164 Å². The third kappa shape index (κ3) is 9.82. The highest BCUT2D eigenvalue weighted by molar-refractivity contribution is 6.12. The second-order valence-electron chi connectivity index (χ2n) is 21.7. The van der Waals surface area contributed by atoms with Crippen LogP contribution in [0.3, 0.4) is 0 Å². The molecule has 6 aromatic heterocycles. The van der Waals surface area contributed by atoms with E-state index < -0.39 is 17.9 Å². The summed E-state index contributed by atoms with van der Waals surface area (Å²) in [6.07, 6.45) is 4.32. The highest BCUT2D eigenvalue weighted by Gasteiger charge is 2.23. The van der Waals surface area contributed by atoms with Crippen molar-refractivity contribution in [2.75, 3.05) is 0 Å². The smallest absolute Gasteiger partial charge is 0.343 e. The lowest BCUT2D eigenvalue weighted by Gasteiger charge is -2.11. The normalized spacial score (nSPS) is 11.5. The number of hydrogen-bond acceptors (Lipinski definition) is 12. The van der Waals surface area contributed by atoms with Crippen molar-refractivity contribution in [1.29, 1.82) is 0 Å². The highest BCUT2D eigenvalue weighted by atomic mass is 16.5. The van der Waals surface area contributed by atoms with Crippen LogP contribution in [0.2, 0.25) is 0 Å². The zero-order valence-electron chi connectivity index (χ0n) is 47.5. The van der Waals surface area contributed by atoms with Gasteiger partial charge >= 0.3 is 17.9 Å². The fraction of sp³-hybridized carbons (Fsp3) is 0. The first kappa shape index (κ1) is 53.0. The molecule has 0 radical (unpaired) electrons. The van der Waals surface area contributed by atoms with Crippen LogP contribution in [-0.4, -0.2) is 32.9 Å². The third-order valence-corrected chi connectivity index (χ3v) is 16.1. The van der Waals surface area contributed by atoms with Gasteiger partial charge in [0.25, 0.3) is 0 Å². The van der Waals surface area contributed by atoms with Crippen LogP contribution in [0.5, 0.6) is 17.2 Å². The van der Waals surface area contributed by atoms with Crippen molar-refractivity contribution in [2.45, 2.75) is 0 Å². The van der Waals surface area contributed by atoms with Crippen molar-refractivity contribution < 1.29 is 41.8 Å². The molecule has 12 heteroatoms. The summed E-state index contributed by atoms with van der Waals surface area (Å²) in [5.41, 5.74) is 14.4. The highest BCUT2D eigenvalue weighted by Crippen LogP contribution is 2.41. The van der Waals surface area contributed by atoms with E-state index in [1.165, 1.54) is 36.8 Å². The minimum Gasteiger partial charge on any atom is -0.455 e. The van der Waals surface area contributed by atoms with Gasteiger partial charge in [0.1, 0.15) is 50.7 Å². The summed E-state index contributed by atoms with van der Waals surface area (Å²) in [6.45, 7) is 0. The predicted octanol–water partition coefficient (Wildman–Crippen LogP) is 19.2. The first-order valence-electron chi connectivity index (χ1n) is 29.0. The van der Waals surface area contributed by atoms with Crippen LogP contribution >= 0.6 is 0 Å². The first-order chi connectivity index (χ1) is 44.3. The molecule has 0 saturated carbocycles. The Morgan fingerprint density at radius 3 is 0.844 bits per heavy atom. The van der Waals surface area contributed by atoms with E-state index >= 15 is 0 Å². The van der Waals surface area contributed by atoms with Gasteiger partial charge in [-0.15, -0.1) is 0 Å². The van der Waals surface area contributed by atoms with Crippen LogP contribution in [0.15, 0.2) is 287 Å². The molecule has 6 heterocycles. The number of nitrogens with zero attached hydrogens (tertiary/aromatic N) is 3. The number of fused-ring (bicyclic) bond motifs is 9. The van der Waals surface area contributed by atoms with E-state index in [9.17, 15) is 14.4 Å². The molecular formula is C78H45N3O9. The average Bonchev–Trinajstić information content (AvgIpc) is 1.85. The van der Waals surface area contributed by atoms with Gasteiger partial charge < -0.3 is 27.5 Å². The van der Waals surface area contributed by atoms with Gasteiger partial charge in [-0.2, -0.15) is 0 Å². The zero-order valence-corrected chi connectivity index (χ0v) is 47.5. The SMILES string of the molecule is O=C(Oc1ccc(-c2cccc(-c3cccc4c3oc3ccccc34)c2)nc1)c1cc(C(=O)Oc2ccc(-c3cccc(-c4cccc5c4oc4ccccc45)c3)nc2)cc(C(=O)Oc2ccc(-c3cccc(-c4cccc5c4oc4ccccc45)c3)nc2)c1. The summed E-state index contributed by atoms with van der Waals surface area (Å²) >= 11 is 0. The Balaban J connectivity index is 0.662. The number of furan rings is 3. The van der Waals surface area contributed by atoms with Gasteiger partial charge in [0.05, 0.1) is 52.4 Å². The van der Waals surface area contributed by atoms with Gasteiger partial charge in [-0.25, -0.2) is 14.4 Å². The first-order valence-corrected chi connectivity index (χ1v) is 29.0. The number of pyridine rings is 3. The van der Waals surface area contributed by atoms with Gasteiger partial charge in [0.15, 0.2) is 0 Å². The Bertz CT molecular complexity index is 4970. The van der Waals surface area contributed by atoms with Crippen molar-refractivity contribution >= 4 is 83.7 Å². The van der Waals surface area contributed by atoms with Crippen LogP contribution in [0, 0.1) is 0 Å². The van der Waals surface area contributed by atoms with Gasteiger partial charge in [-0.3, -0.25) is 15.0 Å². The number of benzene rings is 10. The summed E-state index contributed by atoms with van der Waals surface area (Å²) in [4.78, 5) is 56.6. The fourth-order valence-corrected chi connectivity index (χ4v) is 11.8. The molecule has 16 rings (SSSR count). The van der Waals surface area contributed by atoms with Crippen molar-refractivity contribution in [1.82, 2.24) is 15.0 Å². The molecule has 10 aromatic carbocycles. The maximum absolute atomic E-state index is 14.2. The van der Waals surface area contributed by atoms with E-state index in [-0.39, 0.29) is 33.9 Å². The Hall–Kier alpha value is -12.5. The summed E-state index contributed by atoms with van der Waals surface area (Å²) < 4.78 is 36.6. The van der Waals surface area contributed by atoms with E-state index in [4.69, 9.17) is 27.5 Å². The number of carbonyl (C=O) groups is 3. The van der Waals surface area contributed by atoms with Gasteiger partial charge in [-0.1, -0.05) is 164 Å². The monoisotopic (exact) mass is 1170 g/mol. The second-order valence-corrected chi connectivity index (χ2v) is 21.7. The summed E-state index contributed by atoms with van der Waals surface area (Å²) in [6, 6.07) is 80.1. The molecule has 0 spiro atoms. The molecular weight excluding hydrogens is 1120 g/mol. The molecule has 0 unspecified atom stereocenters. The molecule has 0 aliphatic rings. The predicted molar refractivity (Wildman–Crippen MR) is 348 cm³/mol. The van der Waals surface area contributed by atoms with Crippen LogP contribution in [0.25, 0.3) is 133 Å². The second kappa shape index (κ2) is 22.1. The van der Waals surface area contributed by atoms with E-state index in [2.05, 4.69) is 51.4 Å². The molecule has 0 aliphatic carbocycles. The van der Waals surface area contributed by atoms with Crippen LogP contribution in [-0.2, 0) is 0 Å². The molecule has 12 nitrogen and oxygen atoms in total. The van der Waals surface area contributed by atoms with Crippen molar-refractivity contribution in [3.63, 3.8) is 0 Å². The van der Waals surface area contributed by atoms with Crippen molar-refractivity contribution in [3.05, 3.63) is 290 Å². The maximum atomic E-state index is 14.2. The van der Waals surface area contributed by atoms with Crippen LogP contribution in [0.1, 0.15) is 31.1 Å². The molecule has 0 aliphatic heterocycles. The van der Waals surface area contributed by atoms with Gasteiger partial charge in [0.2, 0.25) is 0 Å². The van der Waals surface area contributed by atoms with Gasteiger partial charge in [-0.05, 0) is 108 Å². The number of aromatic nitrogens is 3. The minimum absolute atomic E-state index is 0.121. The summed E-state index contributed by atoms with van der Waals surface area (Å²) in [5, 5.41) is 6.20. The van der Waals surface area contributed by atoms with Gasteiger partial charge in [0, 0.05) is 65.7 Å². The molecule has 0 bridgehead atoms. The average molecular weight is 1170 g/mol. The van der Waals surface area contributed by atoms with Crippen molar-refractivity contribution in [2.24, 2.45) is 0 Å². The molecule has 0 saturated heterocycles. The number of rotatable bonds is 12. The lowest BCUT2D eigenvalue weighted by atomic mass is 9.99. The largest absolute Gasteiger partial charge is 0.455 e. The maximum Gasteiger partial charge on any atom is 0.343 e. The van der Waals surface area contributed by atoms with E-state index in [1.54, 1.807) is 36.4 Å². The lowest BCUT2D eigenvalue weighted by molar-refractivity contribution is 0.0734. The Morgan fingerprint density at radius 1 is 0.267 bits per heavy atom. The topological polar surface area (TPSA) is 157 Å². The molecule has 16 aromatic rings. The van der Waals surface area contributed by atoms with Crippen molar-refractivity contribution in [3.8, 4) is 84.4 Å². The van der Waals surface area contributed by atoms with E-state index in [0.29, 0.717) is 17.1 Å². The molecule has 426 valence electrons.